The molecule has 1 aliphatic rings. The van der Waals surface area contributed by atoms with Crippen molar-refractivity contribution in [3.05, 3.63) is 35.6 Å². The maximum Gasteiger partial charge on any atom is 0.235 e. The van der Waals surface area contributed by atoms with Gasteiger partial charge in [-0.15, -0.1) is 0 Å². The first-order valence-electron chi connectivity index (χ1n) is 6.43. The number of hydrogen-bond acceptors (Lipinski definition) is 3. The molecule has 3 nitrogen and oxygen atoms in total. The Morgan fingerprint density at radius 1 is 1.58 bits per heavy atom. The summed E-state index contributed by atoms with van der Waals surface area (Å²) in [6.45, 7) is 4.05. The van der Waals surface area contributed by atoms with Gasteiger partial charge in [0.2, 0.25) is 5.91 Å². The second kappa shape index (κ2) is 6.39. The Balaban J connectivity index is 2.23. The van der Waals surface area contributed by atoms with E-state index in [1.54, 1.807) is 17.8 Å². The van der Waals surface area contributed by atoms with Crippen LogP contribution in [0.3, 0.4) is 0 Å². The summed E-state index contributed by atoms with van der Waals surface area (Å²) in [6.07, 6.45) is 1.93. The van der Waals surface area contributed by atoms with Crippen LogP contribution >= 0.6 is 11.8 Å². The Labute approximate surface area is 117 Å². The van der Waals surface area contributed by atoms with Gasteiger partial charge < -0.3 is 10.2 Å². The number of amides is 1. The molecule has 2 unspecified atom stereocenters. The van der Waals surface area contributed by atoms with Crippen LogP contribution in [0.4, 0.5) is 4.39 Å². The molecule has 1 aromatic rings. The van der Waals surface area contributed by atoms with Crippen molar-refractivity contribution in [3.63, 3.8) is 0 Å². The number of benzene rings is 1. The van der Waals surface area contributed by atoms with Gasteiger partial charge in [-0.05, 0) is 30.9 Å². The molecule has 1 fully saturated rings. The largest absolute Gasteiger partial charge is 0.332 e. The van der Waals surface area contributed by atoms with Crippen molar-refractivity contribution in [1.29, 1.82) is 0 Å². The molecule has 19 heavy (non-hydrogen) atoms. The van der Waals surface area contributed by atoms with E-state index in [9.17, 15) is 9.18 Å². The Morgan fingerprint density at radius 2 is 2.37 bits per heavy atom. The zero-order valence-corrected chi connectivity index (χ0v) is 12.0. The summed E-state index contributed by atoms with van der Waals surface area (Å²) in [5.41, 5.74) is 0.855. The highest BCUT2D eigenvalue weighted by Crippen LogP contribution is 2.25. The highest BCUT2D eigenvalue weighted by molar-refractivity contribution is 7.99. The lowest BCUT2D eigenvalue weighted by molar-refractivity contribution is -0.133. The van der Waals surface area contributed by atoms with Crippen molar-refractivity contribution in [2.75, 3.05) is 25.9 Å². The van der Waals surface area contributed by atoms with Gasteiger partial charge in [0.15, 0.2) is 0 Å². The Morgan fingerprint density at radius 3 is 3.05 bits per heavy atom. The molecule has 1 aromatic carbocycles. The van der Waals surface area contributed by atoms with Gasteiger partial charge in [-0.1, -0.05) is 12.1 Å². The van der Waals surface area contributed by atoms with E-state index in [0.717, 1.165) is 12.1 Å². The molecule has 1 saturated heterocycles. The summed E-state index contributed by atoms with van der Waals surface area (Å²) in [7, 11) is 0. The molecule has 1 aliphatic heterocycles. The summed E-state index contributed by atoms with van der Waals surface area (Å²) >= 11 is 1.54. The average Bonchev–Trinajstić information content (AvgIpc) is 2.45. The summed E-state index contributed by atoms with van der Waals surface area (Å²) in [6, 6.07) is 6.44. The van der Waals surface area contributed by atoms with Crippen LogP contribution in [0.1, 0.15) is 18.5 Å². The molecule has 0 saturated carbocycles. The number of thioether (sulfide) groups is 1. The van der Waals surface area contributed by atoms with Gasteiger partial charge in [0, 0.05) is 19.6 Å². The lowest BCUT2D eigenvalue weighted by Crippen LogP contribution is -2.50. The minimum absolute atomic E-state index is 0.0610. The van der Waals surface area contributed by atoms with Gasteiger partial charge in [0.1, 0.15) is 5.82 Å². The summed E-state index contributed by atoms with van der Waals surface area (Å²) in [5, 5.41) is 3.21. The predicted octanol–water partition coefficient (Wildman–Crippen LogP) is 2.05. The van der Waals surface area contributed by atoms with Crippen molar-refractivity contribution >= 4 is 17.7 Å². The van der Waals surface area contributed by atoms with Crippen LogP contribution in [0.15, 0.2) is 24.3 Å². The van der Waals surface area contributed by atoms with Gasteiger partial charge >= 0.3 is 0 Å². The van der Waals surface area contributed by atoms with Crippen molar-refractivity contribution in [3.8, 4) is 0 Å². The molecule has 1 amide bonds. The van der Waals surface area contributed by atoms with Crippen LogP contribution < -0.4 is 5.32 Å². The highest BCUT2D eigenvalue weighted by Gasteiger charge is 2.30. The zero-order valence-electron chi connectivity index (χ0n) is 11.2. The Hall–Kier alpha value is -1.07. The Bertz CT molecular complexity index is 455. The van der Waals surface area contributed by atoms with E-state index in [0.29, 0.717) is 13.1 Å². The van der Waals surface area contributed by atoms with E-state index < -0.39 is 0 Å². The normalized spacial score (nSPS) is 21.2. The first-order chi connectivity index (χ1) is 9.13. The summed E-state index contributed by atoms with van der Waals surface area (Å²) in [4.78, 5) is 14.2. The smallest absolute Gasteiger partial charge is 0.235 e. The van der Waals surface area contributed by atoms with Crippen molar-refractivity contribution in [2.45, 2.75) is 18.2 Å². The third-order valence-corrected chi connectivity index (χ3v) is 4.37. The van der Waals surface area contributed by atoms with E-state index >= 15 is 0 Å². The minimum Gasteiger partial charge on any atom is -0.332 e. The standard InChI is InChI=1S/C14H19FN2OS/c1-10(19-2)14(18)17-7-6-16-9-13(17)11-4-3-5-12(15)8-11/h3-5,8,10,13,16H,6-7,9H2,1-2H3. The van der Waals surface area contributed by atoms with E-state index in [-0.39, 0.29) is 23.0 Å². The molecule has 0 aliphatic carbocycles. The molecule has 2 rings (SSSR count). The fourth-order valence-electron chi connectivity index (χ4n) is 2.31. The number of carbonyl (C=O) groups excluding carboxylic acids is 1. The molecular weight excluding hydrogens is 263 g/mol. The highest BCUT2D eigenvalue weighted by atomic mass is 32.2. The van der Waals surface area contributed by atoms with Crippen molar-refractivity contribution in [1.82, 2.24) is 10.2 Å². The number of rotatable bonds is 3. The third kappa shape index (κ3) is 3.28. The fraction of sp³-hybridized carbons (Fsp3) is 0.500. The monoisotopic (exact) mass is 282 g/mol. The van der Waals surface area contributed by atoms with Gasteiger partial charge in [-0.3, -0.25) is 4.79 Å². The van der Waals surface area contributed by atoms with Crippen molar-refractivity contribution < 1.29 is 9.18 Å². The second-order valence-corrected chi connectivity index (χ2v) is 5.86. The van der Waals surface area contributed by atoms with Crippen molar-refractivity contribution in [2.24, 2.45) is 0 Å². The fourth-order valence-corrected chi connectivity index (χ4v) is 2.65. The topological polar surface area (TPSA) is 32.3 Å². The predicted molar refractivity (Wildman–Crippen MR) is 76.7 cm³/mol. The van der Waals surface area contributed by atoms with Crippen LogP contribution in [0.2, 0.25) is 0 Å². The van der Waals surface area contributed by atoms with E-state index in [4.69, 9.17) is 0 Å². The SMILES string of the molecule is CSC(C)C(=O)N1CCNCC1c1cccc(F)c1. The number of hydrogen-bond donors (Lipinski definition) is 1. The molecule has 1 N–H and O–H groups in total. The number of halogens is 1. The maximum atomic E-state index is 13.3. The van der Waals surface area contributed by atoms with E-state index in [2.05, 4.69) is 5.32 Å². The molecular formula is C14H19FN2OS. The van der Waals surface area contributed by atoms with Gasteiger partial charge in [0.05, 0.1) is 11.3 Å². The molecule has 2 atom stereocenters. The average molecular weight is 282 g/mol. The quantitative estimate of drug-likeness (QED) is 0.921. The molecule has 5 heteroatoms. The minimum atomic E-state index is -0.256. The van der Waals surface area contributed by atoms with Crippen LogP contribution in [-0.4, -0.2) is 41.9 Å². The van der Waals surface area contributed by atoms with Crippen LogP contribution in [0.5, 0.6) is 0 Å². The maximum absolute atomic E-state index is 13.3. The number of nitrogens with one attached hydrogen (secondary N) is 1. The zero-order chi connectivity index (χ0) is 13.8. The number of carbonyl (C=O) groups is 1. The molecule has 0 spiro atoms. The second-order valence-electron chi connectivity index (χ2n) is 4.68. The molecule has 0 aromatic heterocycles. The number of piperazine rings is 1. The molecule has 1 heterocycles. The first-order valence-corrected chi connectivity index (χ1v) is 7.71. The number of nitrogens with zero attached hydrogens (tertiary/aromatic N) is 1. The van der Waals surface area contributed by atoms with Gasteiger partial charge in [-0.2, -0.15) is 11.8 Å². The van der Waals surface area contributed by atoms with Crippen LogP contribution in [-0.2, 0) is 4.79 Å². The molecule has 0 bridgehead atoms. The van der Waals surface area contributed by atoms with Crippen LogP contribution in [0.25, 0.3) is 0 Å². The molecule has 104 valence electrons. The molecule has 0 radical (unpaired) electrons. The van der Waals surface area contributed by atoms with E-state index in [1.165, 1.54) is 12.1 Å². The lowest BCUT2D eigenvalue weighted by Gasteiger charge is -2.37. The third-order valence-electron chi connectivity index (χ3n) is 3.46. The lowest BCUT2D eigenvalue weighted by atomic mass is 10.0. The summed E-state index contributed by atoms with van der Waals surface area (Å²) in [5.74, 6) is -0.128. The van der Waals surface area contributed by atoms with Gasteiger partial charge in [-0.25, -0.2) is 4.39 Å². The Kier molecular flexibility index (Phi) is 4.82. The first kappa shape index (κ1) is 14.3. The summed E-state index contributed by atoms with van der Waals surface area (Å²) < 4.78 is 13.3. The van der Waals surface area contributed by atoms with Crippen LogP contribution in [0, 0.1) is 5.82 Å². The van der Waals surface area contributed by atoms with E-state index in [1.807, 2.05) is 24.1 Å². The van der Waals surface area contributed by atoms with Gasteiger partial charge in [0.25, 0.3) is 0 Å².